The Labute approximate surface area is 158 Å². The van der Waals surface area contributed by atoms with Crippen LogP contribution in [0.1, 0.15) is 28.8 Å². The summed E-state index contributed by atoms with van der Waals surface area (Å²) in [7, 11) is 0. The summed E-state index contributed by atoms with van der Waals surface area (Å²) in [5.74, 6) is -0.765. The molecule has 8 nitrogen and oxygen atoms in total. The fourth-order valence-corrected chi connectivity index (χ4v) is 4.17. The van der Waals surface area contributed by atoms with Crippen LogP contribution in [0.4, 0.5) is 5.69 Å². The van der Waals surface area contributed by atoms with Crippen LogP contribution in [0, 0.1) is 0 Å². The first-order chi connectivity index (χ1) is 13.1. The number of piperazine rings is 1. The van der Waals surface area contributed by atoms with Gasteiger partial charge < -0.3 is 15.5 Å². The quantitative estimate of drug-likeness (QED) is 0.694. The fourth-order valence-electron chi connectivity index (χ4n) is 4.17. The summed E-state index contributed by atoms with van der Waals surface area (Å²) in [6, 6.07) is 5.36. The predicted molar refractivity (Wildman–Crippen MR) is 100 cm³/mol. The van der Waals surface area contributed by atoms with E-state index in [1.54, 1.807) is 4.90 Å². The minimum Gasteiger partial charge on any atom is -0.369 e. The molecule has 0 radical (unpaired) electrons. The monoisotopic (exact) mass is 371 g/mol. The fraction of sp³-hybridized carbons (Fsp3) is 0.526. The van der Waals surface area contributed by atoms with Gasteiger partial charge in [0.2, 0.25) is 11.8 Å². The van der Waals surface area contributed by atoms with E-state index >= 15 is 0 Å². The molecular formula is C19H25N5O3. The summed E-state index contributed by atoms with van der Waals surface area (Å²) >= 11 is 0. The normalized spacial score (nSPS) is 23.6. The Morgan fingerprint density at radius 2 is 1.89 bits per heavy atom. The van der Waals surface area contributed by atoms with Gasteiger partial charge in [-0.05, 0) is 30.2 Å². The van der Waals surface area contributed by atoms with Crippen LogP contribution in [0.15, 0.2) is 18.2 Å². The van der Waals surface area contributed by atoms with Gasteiger partial charge in [-0.15, -0.1) is 0 Å². The van der Waals surface area contributed by atoms with Gasteiger partial charge in [0.25, 0.3) is 5.91 Å². The number of carbonyl (C=O) groups excluding carboxylic acids is 3. The minimum atomic E-state index is -0.564. The summed E-state index contributed by atoms with van der Waals surface area (Å²) in [5.41, 5.74) is 8.35. The number of nitrogens with zero attached hydrogens (tertiary/aromatic N) is 3. The van der Waals surface area contributed by atoms with Crippen molar-refractivity contribution in [1.29, 1.82) is 0 Å². The number of hydrogen-bond donors (Lipinski definition) is 2. The van der Waals surface area contributed by atoms with Gasteiger partial charge in [0.15, 0.2) is 0 Å². The maximum Gasteiger partial charge on any atom is 0.255 e. The first-order valence-electron chi connectivity index (χ1n) is 9.52. The zero-order valence-electron chi connectivity index (χ0n) is 15.3. The maximum absolute atomic E-state index is 12.8. The number of nitrogens with two attached hydrogens (primary N) is 1. The molecule has 3 amide bonds. The molecule has 144 valence electrons. The van der Waals surface area contributed by atoms with Gasteiger partial charge in [0.1, 0.15) is 6.04 Å². The molecule has 1 atom stereocenters. The molecule has 0 saturated carbocycles. The van der Waals surface area contributed by atoms with Crippen molar-refractivity contribution in [3.05, 3.63) is 29.3 Å². The van der Waals surface area contributed by atoms with Crippen LogP contribution < -0.4 is 16.0 Å². The third-order valence-electron chi connectivity index (χ3n) is 5.69. The number of anilines is 1. The van der Waals surface area contributed by atoms with Crippen LogP contribution in [0.2, 0.25) is 0 Å². The molecule has 27 heavy (non-hydrogen) atoms. The largest absolute Gasteiger partial charge is 0.369 e. The zero-order valence-corrected chi connectivity index (χ0v) is 15.3. The lowest BCUT2D eigenvalue weighted by atomic mass is 10.0. The first kappa shape index (κ1) is 17.9. The average molecular weight is 371 g/mol. The molecule has 1 unspecified atom stereocenters. The number of benzene rings is 1. The Kier molecular flexibility index (Phi) is 4.84. The SMILES string of the molecule is NCCN1CCN(c2ccc3c(c2)CN(C2CCC(=O)NC2=O)C3=O)CC1. The summed E-state index contributed by atoms with van der Waals surface area (Å²) in [5, 5.41) is 2.34. The number of fused-ring (bicyclic) bond motifs is 1. The molecule has 0 bridgehead atoms. The van der Waals surface area contributed by atoms with Crippen LogP contribution in [-0.2, 0) is 16.1 Å². The summed E-state index contributed by atoms with van der Waals surface area (Å²) in [4.78, 5) is 42.5. The van der Waals surface area contributed by atoms with E-state index in [-0.39, 0.29) is 24.1 Å². The molecule has 8 heteroatoms. The topological polar surface area (TPSA) is 99.0 Å². The number of carbonyl (C=O) groups is 3. The second-order valence-electron chi connectivity index (χ2n) is 7.36. The number of rotatable bonds is 4. The lowest BCUT2D eigenvalue weighted by Gasteiger charge is -2.36. The van der Waals surface area contributed by atoms with Crippen LogP contribution in [0.3, 0.4) is 0 Å². The second kappa shape index (κ2) is 7.28. The van der Waals surface area contributed by atoms with Crippen LogP contribution in [-0.4, -0.2) is 72.8 Å². The molecule has 2 saturated heterocycles. The van der Waals surface area contributed by atoms with Crippen molar-refractivity contribution in [3.8, 4) is 0 Å². The Morgan fingerprint density at radius 3 is 2.59 bits per heavy atom. The highest BCUT2D eigenvalue weighted by molar-refractivity contribution is 6.05. The van der Waals surface area contributed by atoms with Crippen molar-refractivity contribution >= 4 is 23.4 Å². The van der Waals surface area contributed by atoms with Gasteiger partial charge in [0.05, 0.1) is 0 Å². The summed E-state index contributed by atoms with van der Waals surface area (Å²) in [6.07, 6.45) is 0.662. The lowest BCUT2D eigenvalue weighted by Crippen LogP contribution is -2.52. The van der Waals surface area contributed by atoms with E-state index in [0.717, 1.165) is 44.0 Å². The molecule has 3 heterocycles. The van der Waals surface area contributed by atoms with E-state index in [1.165, 1.54) is 0 Å². The Hall–Kier alpha value is -2.45. The Morgan fingerprint density at radius 1 is 1.11 bits per heavy atom. The second-order valence-corrected chi connectivity index (χ2v) is 7.36. The molecule has 0 aliphatic carbocycles. The van der Waals surface area contributed by atoms with Gasteiger partial charge >= 0.3 is 0 Å². The van der Waals surface area contributed by atoms with E-state index < -0.39 is 6.04 Å². The van der Waals surface area contributed by atoms with E-state index in [2.05, 4.69) is 21.2 Å². The molecule has 1 aromatic rings. The first-order valence-corrected chi connectivity index (χ1v) is 9.52. The van der Waals surface area contributed by atoms with E-state index in [9.17, 15) is 14.4 Å². The predicted octanol–water partition coefficient (Wildman–Crippen LogP) is -0.472. The third kappa shape index (κ3) is 3.42. The molecule has 4 rings (SSSR count). The molecule has 3 aliphatic heterocycles. The minimum absolute atomic E-state index is 0.126. The zero-order chi connectivity index (χ0) is 19.0. The molecule has 2 fully saturated rings. The number of amides is 3. The van der Waals surface area contributed by atoms with E-state index in [0.29, 0.717) is 25.1 Å². The molecule has 0 spiro atoms. The van der Waals surface area contributed by atoms with Crippen molar-refractivity contribution in [2.45, 2.75) is 25.4 Å². The Balaban J connectivity index is 1.47. The molecule has 3 aliphatic rings. The number of nitrogens with one attached hydrogen (secondary N) is 1. The summed E-state index contributed by atoms with van der Waals surface area (Å²) in [6.45, 7) is 5.85. The van der Waals surface area contributed by atoms with Crippen molar-refractivity contribution in [3.63, 3.8) is 0 Å². The van der Waals surface area contributed by atoms with Gasteiger partial charge in [-0.25, -0.2) is 0 Å². The van der Waals surface area contributed by atoms with Crippen molar-refractivity contribution in [1.82, 2.24) is 15.1 Å². The highest BCUT2D eigenvalue weighted by Gasteiger charge is 2.39. The smallest absolute Gasteiger partial charge is 0.255 e. The van der Waals surface area contributed by atoms with Crippen molar-refractivity contribution in [2.75, 3.05) is 44.2 Å². The third-order valence-corrected chi connectivity index (χ3v) is 5.69. The van der Waals surface area contributed by atoms with Crippen LogP contribution in [0.5, 0.6) is 0 Å². The molecule has 0 aromatic heterocycles. The molecular weight excluding hydrogens is 346 g/mol. The molecule has 3 N–H and O–H groups in total. The van der Waals surface area contributed by atoms with Crippen LogP contribution >= 0.6 is 0 Å². The molecule has 1 aromatic carbocycles. The van der Waals surface area contributed by atoms with Gasteiger partial charge in [-0.2, -0.15) is 0 Å². The highest BCUT2D eigenvalue weighted by atomic mass is 16.2. The van der Waals surface area contributed by atoms with Crippen molar-refractivity contribution < 1.29 is 14.4 Å². The Bertz CT molecular complexity index is 773. The van der Waals surface area contributed by atoms with Crippen molar-refractivity contribution in [2.24, 2.45) is 5.73 Å². The maximum atomic E-state index is 12.8. The lowest BCUT2D eigenvalue weighted by molar-refractivity contribution is -0.136. The number of hydrogen-bond acceptors (Lipinski definition) is 6. The van der Waals surface area contributed by atoms with E-state index in [4.69, 9.17) is 5.73 Å². The van der Waals surface area contributed by atoms with Gasteiger partial charge in [-0.1, -0.05) is 0 Å². The highest BCUT2D eigenvalue weighted by Crippen LogP contribution is 2.30. The summed E-state index contributed by atoms with van der Waals surface area (Å²) < 4.78 is 0. The average Bonchev–Trinajstić information content (AvgIpc) is 2.98. The van der Waals surface area contributed by atoms with Crippen LogP contribution in [0.25, 0.3) is 0 Å². The van der Waals surface area contributed by atoms with Gasteiger partial charge in [-0.3, -0.25) is 24.6 Å². The number of piperidine rings is 1. The van der Waals surface area contributed by atoms with Gasteiger partial charge in [0, 0.05) is 63.5 Å². The van der Waals surface area contributed by atoms with E-state index in [1.807, 2.05) is 12.1 Å². The standard InChI is InChI=1S/C19H25N5O3/c20-5-6-22-7-9-23(10-8-22)14-1-2-15-13(11-14)12-24(19(15)27)16-3-4-17(25)21-18(16)26/h1-2,11,16H,3-10,12,20H2,(H,21,25,26). The number of imide groups is 1.